The van der Waals surface area contributed by atoms with Crippen molar-refractivity contribution in [3.05, 3.63) is 60.2 Å². The van der Waals surface area contributed by atoms with E-state index in [1.807, 2.05) is 42.5 Å². The molecule has 2 aromatic carbocycles. The molecule has 5 heteroatoms. The Morgan fingerprint density at radius 2 is 1.58 bits per heavy atom. The summed E-state index contributed by atoms with van der Waals surface area (Å²) in [6, 6.07) is 17.5. The van der Waals surface area contributed by atoms with Crippen molar-refractivity contribution >= 4 is 23.2 Å². The van der Waals surface area contributed by atoms with Crippen LogP contribution in [0.2, 0.25) is 0 Å². The van der Waals surface area contributed by atoms with Gasteiger partial charge in [-0.05, 0) is 35.7 Å². The summed E-state index contributed by atoms with van der Waals surface area (Å²) >= 11 is 0. The van der Waals surface area contributed by atoms with E-state index in [2.05, 4.69) is 29.8 Å². The number of anilines is 2. The molecule has 0 heterocycles. The number of para-hydroxylation sites is 1. The molecule has 0 bridgehead atoms. The number of nitrogens with one attached hydrogen (secondary N) is 3. The van der Waals surface area contributed by atoms with Crippen molar-refractivity contribution in [3.8, 4) is 0 Å². The Hall–Kier alpha value is -2.82. The molecular formula is C21H27N3O2. The summed E-state index contributed by atoms with van der Waals surface area (Å²) in [5, 5.41) is 9.19. The quantitative estimate of drug-likeness (QED) is 0.681. The fraction of sp³-hybridized carbons (Fsp3) is 0.333. The Balaban J connectivity index is 1.84. The van der Waals surface area contributed by atoms with E-state index < -0.39 is 0 Å². The van der Waals surface area contributed by atoms with Gasteiger partial charge in [0.2, 0.25) is 11.8 Å². The SMILES string of the molecule is CC(=O)Nc1ccc(CC(=O)NCC(Nc2ccccc2)C(C)C)cc1. The molecule has 0 spiro atoms. The van der Waals surface area contributed by atoms with Gasteiger partial charge in [0.05, 0.1) is 6.42 Å². The van der Waals surface area contributed by atoms with Gasteiger partial charge < -0.3 is 16.0 Å². The first-order chi connectivity index (χ1) is 12.4. The standard InChI is InChI=1S/C21H27N3O2/c1-15(2)20(24-18-7-5-4-6-8-18)14-22-21(26)13-17-9-11-19(12-10-17)23-16(3)25/h4-12,15,20,24H,13-14H2,1-3H3,(H,22,26)(H,23,25). The maximum atomic E-state index is 12.2. The summed E-state index contributed by atoms with van der Waals surface area (Å²) in [4.78, 5) is 23.3. The Labute approximate surface area is 155 Å². The van der Waals surface area contributed by atoms with Crippen LogP contribution >= 0.6 is 0 Å². The normalized spacial score (nSPS) is 11.7. The van der Waals surface area contributed by atoms with Crippen LogP contribution in [0.1, 0.15) is 26.3 Å². The van der Waals surface area contributed by atoms with Gasteiger partial charge in [-0.15, -0.1) is 0 Å². The topological polar surface area (TPSA) is 70.2 Å². The highest BCUT2D eigenvalue weighted by Crippen LogP contribution is 2.12. The minimum atomic E-state index is -0.110. The summed E-state index contributed by atoms with van der Waals surface area (Å²) in [5.41, 5.74) is 2.69. The molecule has 1 unspecified atom stereocenters. The van der Waals surface area contributed by atoms with E-state index in [4.69, 9.17) is 0 Å². The monoisotopic (exact) mass is 353 g/mol. The van der Waals surface area contributed by atoms with Crippen molar-refractivity contribution in [2.45, 2.75) is 33.2 Å². The van der Waals surface area contributed by atoms with E-state index in [1.165, 1.54) is 6.92 Å². The third-order valence-corrected chi connectivity index (χ3v) is 4.09. The Bertz CT molecular complexity index is 712. The lowest BCUT2D eigenvalue weighted by molar-refractivity contribution is -0.120. The molecule has 0 aromatic heterocycles. The number of carbonyl (C=O) groups is 2. The predicted octanol–water partition coefficient (Wildman–Crippen LogP) is 3.44. The van der Waals surface area contributed by atoms with Gasteiger partial charge in [0.15, 0.2) is 0 Å². The number of rotatable bonds is 8. The van der Waals surface area contributed by atoms with Crippen LogP contribution in [-0.4, -0.2) is 24.4 Å². The van der Waals surface area contributed by atoms with Gasteiger partial charge in [0, 0.05) is 30.9 Å². The van der Waals surface area contributed by atoms with Crippen molar-refractivity contribution < 1.29 is 9.59 Å². The van der Waals surface area contributed by atoms with E-state index in [0.29, 0.717) is 18.9 Å². The highest BCUT2D eigenvalue weighted by Gasteiger charge is 2.14. The van der Waals surface area contributed by atoms with Crippen LogP contribution in [0.3, 0.4) is 0 Å². The molecule has 0 radical (unpaired) electrons. The Morgan fingerprint density at radius 3 is 2.15 bits per heavy atom. The van der Waals surface area contributed by atoms with Crippen LogP contribution < -0.4 is 16.0 Å². The summed E-state index contributed by atoms with van der Waals surface area (Å²) < 4.78 is 0. The minimum Gasteiger partial charge on any atom is -0.380 e. The molecular weight excluding hydrogens is 326 g/mol. The van der Waals surface area contributed by atoms with Gasteiger partial charge in [0.25, 0.3) is 0 Å². The lowest BCUT2D eigenvalue weighted by Gasteiger charge is -2.24. The van der Waals surface area contributed by atoms with Gasteiger partial charge >= 0.3 is 0 Å². The highest BCUT2D eigenvalue weighted by atomic mass is 16.2. The average molecular weight is 353 g/mol. The molecule has 3 N–H and O–H groups in total. The maximum absolute atomic E-state index is 12.2. The molecule has 0 saturated carbocycles. The number of hydrogen-bond acceptors (Lipinski definition) is 3. The fourth-order valence-corrected chi connectivity index (χ4v) is 2.58. The zero-order valence-corrected chi connectivity index (χ0v) is 15.6. The van der Waals surface area contributed by atoms with Crippen molar-refractivity contribution in [1.82, 2.24) is 5.32 Å². The first kappa shape index (κ1) is 19.5. The van der Waals surface area contributed by atoms with E-state index in [-0.39, 0.29) is 17.9 Å². The molecule has 1 atom stereocenters. The number of carbonyl (C=O) groups excluding carboxylic acids is 2. The van der Waals surface area contributed by atoms with Gasteiger partial charge in [-0.1, -0.05) is 44.2 Å². The van der Waals surface area contributed by atoms with Gasteiger partial charge in [-0.2, -0.15) is 0 Å². The van der Waals surface area contributed by atoms with E-state index in [9.17, 15) is 9.59 Å². The zero-order chi connectivity index (χ0) is 18.9. The van der Waals surface area contributed by atoms with E-state index in [0.717, 1.165) is 16.9 Å². The van der Waals surface area contributed by atoms with Crippen molar-refractivity contribution in [2.75, 3.05) is 17.2 Å². The smallest absolute Gasteiger partial charge is 0.224 e. The summed E-state index contributed by atoms with van der Waals surface area (Å²) in [6.45, 7) is 6.30. The number of hydrogen-bond donors (Lipinski definition) is 3. The van der Waals surface area contributed by atoms with Gasteiger partial charge in [-0.3, -0.25) is 9.59 Å². The summed E-state index contributed by atoms with van der Waals surface area (Å²) in [6.07, 6.45) is 0.316. The van der Waals surface area contributed by atoms with Crippen LogP contribution in [0.25, 0.3) is 0 Å². The zero-order valence-electron chi connectivity index (χ0n) is 15.6. The van der Waals surface area contributed by atoms with Crippen LogP contribution in [0.4, 0.5) is 11.4 Å². The second-order valence-electron chi connectivity index (χ2n) is 6.72. The maximum Gasteiger partial charge on any atom is 0.224 e. The molecule has 0 aliphatic carbocycles. The lowest BCUT2D eigenvalue weighted by atomic mass is 10.0. The first-order valence-electron chi connectivity index (χ1n) is 8.89. The number of amides is 2. The molecule has 0 fully saturated rings. The third-order valence-electron chi connectivity index (χ3n) is 4.09. The summed E-state index contributed by atoms with van der Waals surface area (Å²) in [7, 11) is 0. The van der Waals surface area contributed by atoms with Crippen LogP contribution in [0, 0.1) is 5.92 Å². The minimum absolute atomic E-state index is 0.0159. The Morgan fingerprint density at radius 1 is 0.923 bits per heavy atom. The molecule has 5 nitrogen and oxygen atoms in total. The van der Waals surface area contributed by atoms with Crippen LogP contribution in [-0.2, 0) is 16.0 Å². The molecule has 2 aromatic rings. The van der Waals surface area contributed by atoms with E-state index in [1.54, 1.807) is 12.1 Å². The van der Waals surface area contributed by atoms with Crippen LogP contribution in [0.15, 0.2) is 54.6 Å². The molecule has 2 amide bonds. The van der Waals surface area contributed by atoms with E-state index >= 15 is 0 Å². The lowest BCUT2D eigenvalue weighted by Crippen LogP contribution is -2.40. The largest absolute Gasteiger partial charge is 0.380 e. The van der Waals surface area contributed by atoms with Gasteiger partial charge in [0.1, 0.15) is 0 Å². The molecule has 0 saturated heterocycles. The van der Waals surface area contributed by atoms with Crippen molar-refractivity contribution in [1.29, 1.82) is 0 Å². The van der Waals surface area contributed by atoms with Crippen molar-refractivity contribution in [2.24, 2.45) is 5.92 Å². The average Bonchev–Trinajstić information content (AvgIpc) is 2.60. The van der Waals surface area contributed by atoms with Crippen molar-refractivity contribution in [3.63, 3.8) is 0 Å². The first-order valence-corrected chi connectivity index (χ1v) is 8.89. The Kier molecular flexibility index (Phi) is 7.21. The molecule has 0 aliphatic heterocycles. The van der Waals surface area contributed by atoms with Gasteiger partial charge in [-0.25, -0.2) is 0 Å². The highest BCUT2D eigenvalue weighted by molar-refractivity contribution is 5.88. The fourth-order valence-electron chi connectivity index (χ4n) is 2.58. The number of benzene rings is 2. The van der Waals surface area contributed by atoms with Crippen LogP contribution in [0.5, 0.6) is 0 Å². The second-order valence-corrected chi connectivity index (χ2v) is 6.72. The molecule has 0 aliphatic rings. The predicted molar refractivity (Wildman–Crippen MR) is 106 cm³/mol. The molecule has 26 heavy (non-hydrogen) atoms. The summed E-state index contributed by atoms with van der Waals surface area (Å²) in [5.74, 6) is 0.256. The molecule has 138 valence electrons. The second kappa shape index (κ2) is 9.61. The molecule has 2 rings (SSSR count). The third kappa shape index (κ3) is 6.59.